The lowest BCUT2D eigenvalue weighted by atomic mass is 9.94. The SMILES string of the molecule is N#Cc1ccc(N2CCCCC2C2CCCN2)cn1. The first-order chi connectivity index (χ1) is 9.38. The second-order valence-electron chi connectivity index (χ2n) is 5.47. The first kappa shape index (κ1) is 12.4. The van der Waals surface area contributed by atoms with Crippen LogP contribution < -0.4 is 10.2 Å². The van der Waals surface area contributed by atoms with Crippen molar-refractivity contribution in [2.75, 3.05) is 18.0 Å². The summed E-state index contributed by atoms with van der Waals surface area (Å²) < 4.78 is 0. The van der Waals surface area contributed by atoms with Gasteiger partial charge < -0.3 is 10.2 Å². The van der Waals surface area contributed by atoms with Gasteiger partial charge in [-0.1, -0.05) is 0 Å². The van der Waals surface area contributed by atoms with Crippen LogP contribution >= 0.6 is 0 Å². The zero-order valence-electron chi connectivity index (χ0n) is 11.2. The van der Waals surface area contributed by atoms with Crippen LogP contribution in [0.2, 0.25) is 0 Å². The highest BCUT2D eigenvalue weighted by Crippen LogP contribution is 2.28. The van der Waals surface area contributed by atoms with E-state index < -0.39 is 0 Å². The summed E-state index contributed by atoms with van der Waals surface area (Å²) in [4.78, 5) is 6.70. The van der Waals surface area contributed by atoms with Gasteiger partial charge >= 0.3 is 0 Å². The molecule has 2 saturated heterocycles. The van der Waals surface area contributed by atoms with Gasteiger partial charge in [0.05, 0.1) is 11.9 Å². The molecule has 1 N–H and O–H groups in total. The standard InChI is InChI=1S/C15H20N4/c16-10-12-6-7-13(11-18-12)19-9-2-1-5-15(19)14-4-3-8-17-14/h6-7,11,14-15,17H,1-5,8-9H2. The minimum absolute atomic E-state index is 0.497. The summed E-state index contributed by atoms with van der Waals surface area (Å²) in [6.45, 7) is 2.26. The summed E-state index contributed by atoms with van der Waals surface area (Å²) in [6, 6.07) is 7.15. The Labute approximate surface area is 114 Å². The summed E-state index contributed by atoms with van der Waals surface area (Å²) in [5.41, 5.74) is 1.66. The molecular weight excluding hydrogens is 236 g/mol. The Hall–Kier alpha value is -1.60. The summed E-state index contributed by atoms with van der Waals surface area (Å²) in [6.07, 6.45) is 8.27. The maximum absolute atomic E-state index is 8.83. The van der Waals surface area contributed by atoms with Crippen molar-refractivity contribution in [2.45, 2.75) is 44.2 Å². The van der Waals surface area contributed by atoms with E-state index in [4.69, 9.17) is 5.26 Å². The maximum atomic E-state index is 8.83. The quantitative estimate of drug-likeness (QED) is 0.880. The minimum atomic E-state index is 0.497. The van der Waals surface area contributed by atoms with Crippen LogP contribution in [0, 0.1) is 11.3 Å². The van der Waals surface area contributed by atoms with Crippen molar-refractivity contribution in [3.63, 3.8) is 0 Å². The van der Waals surface area contributed by atoms with E-state index >= 15 is 0 Å². The van der Waals surface area contributed by atoms with Crippen LogP contribution in [-0.4, -0.2) is 30.2 Å². The fourth-order valence-electron chi connectivity index (χ4n) is 3.36. The van der Waals surface area contributed by atoms with Crippen LogP contribution in [0.15, 0.2) is 18.3 Å². The Balaban J connectivity index is 1.80. The van der Waals surface area contributed by atoms with Gasteiger partial charge in [-0.25, -0.2) is 4.98 Å². The molecule has 1 aromatic heterocycles. The number of hydrogen-bond donors (Lipinski definition) is 1. The van der Waals surface area contributed by atoms with E-state index in [0.717, 1.165) is 18.8 Å². The van der Waals surface area contributed by atoms with Crippen molar-refractivity contribution in [3.05, 3.63) is 24.0 Å². The lowest BCUT2D eigenvalue weighted by Gasteiger charge is -2.40. The molecule has 2 unspecified atom stereocenters. The van der Waals surface area contributed by atoms with Crippen molar-refractivity contribution in [2.24, 2.45) is 0 Å². The Morgan fingerprint density at radius 3 is 2.89 bits per heavy atom. The van der Waals surface area contributed by atoms with Gasteiger partial charge in [-0.15, -0.1) is 0 Å². The predicted molar refractivity (Wildman–Crippen MR) is 75.0 cm³/mol. The van der Waals surface area contributed by atoms with E-state index in [2.05, 4.69) is 21.3 Å². The molecular formula is C15H20N4. The van der Waals surface area contributed by atoms with Gasteiger partial charge in [-0.2, -0.15) is 5.26 Å². The fraction of sp³-hybridized carbons (Fsp3) is 0.600. The predicted octanol–water partition coefficient (Wildman–Crippen LogP) is 2.06. The molecule has 0 bridgehead atoms. The Morgan fingerprint density at radius 2 is 2.21 bits per heavy atom. The van der Waals surface area contributed by atoms with Gasteiger partial charge in [0, 0.05) is 18.6 Å². The van der Waals surface area contributed by atoms with Crippen molar-refractivity contribution in [3.8, 4) is 6.07 Å². The third-order valence-electron chi connectivity index (χ3n) is 4.31. The zero-order valence-corrected chi connectivity index (χ0v) is 11.2. The fourth-order valence-corrected chi connectivity index (χ4v) is 3.36. The van der Waals surface area contributed by atoms with Crippen molar-refractivity contribution < 1.29 is 0 Å². The second kappa shape index (κ2) is 5.58. The summed E-state index contributed by atoms with van der Waals surface area (Å²) in [5.74, 6) is 0. The van der Waals surface area contributed by atoms with Crippen LogP contribution in [0.4, 0.5) is 5.69 Å². The minimum Gasteiger partial charge on any atom is -0.366 e. The topological polar surface area (TPSA) is 52.0 Å². The molecule has 4 heteroatoms. The molecule has 0 saturated carbocycles. The molecule has 0 aromatic carbocycles. The molecule has 1 aromatic rings. The third-order valence-corrected chi connectivity index (χ3v) is 4.31. The second-order valence-corrected chi connectivity index (χ2v) is 5.47. The first-order valence-electron chi connectivity index (χ1n) is 7.24. The van der Waals surface area contributed by atoms with Crippen LogP contribution in [0.3, 0.4) is 0 Å². The lowest BCUT2D eigenvalue weighted by molar-refractivity contribution is 0.378. The van der Waals surface area contributed by atoms with E-state index in [1.54, 1.807) is 0 Å². The van der Waals surface area contributed by atoms with Crippen molar-refractivity contribution in [1.29, 1.82) is 5.26 Å². The Bertz CT molecular complexity index is 456. The van der Waals surface area contributed by atoms with Gasteiger partial charge in [0.15, 0.2) is 0 Å². The number of nitrogens with one attached hydrogen (secondary N) is 1. The lowest BCUT2D eigenvalue weighted by Crippen LogP contribution is -2.50. The van der Waals surface area contributed by atoms with Gasteiger partial charge in [0.2, 0.25) is 0 Å². The van der Waals surface area contributed by atoms with Crippen molar-refractivity contribution in [1.82, 2.24) is 10.3 Å². The molecule has 0 aliphatic carbocycles. The molecule has 2 aliphatic heterocycles. The average molecular weight is 256 g/mol. The zero-order chi connectivity index (χ0) is 13.1. The van der Waals surface area contributed by atoms with E-state index in [1.165, 1.54) is 32.1 Å². The molecule has 0 amide bonds. The molecule has 0 spiro atoms. The normalized spacial score (nSPS) is 27.2. The number of nitriles is 1. The van der Waals surface area contributed by atoms with E-state index in [9.17, 15) is 0 Å². The van der Waals surface area contributed by atoms with E-state index in [1.807, 2.05) is 18.3 Å². The van der Waals surface area contributed by atoms with E-state index in [0.29, 0.717) is 17.8 Å². The number of pyridine rings is 1. The summed E-state index contributed by atoms with van der Waals surface area (Å²) in [5, 5.41) is 12.5. The highest BCUT2D eigenvalue weighted by atomic mass is 15.2. The largest absolute Gasteiger partial charge is 0.366 e. The molecule has 100 valence electrons. The van der Waals surface area contributed by atoms with E-state index in [-0.39, 0.29) is 0 Å². The molecule has 2 fully saturated rings. The Morgan fingerprint density at radius 1 is 1.26 bits per heavy atom. The summed E-state index contributed by atoms with van der Waals surface area (Å²) in [7, 11) is 0. The highest BCUT2D eigenvalue weighted by Gasteiger charge is 2.31. The van der Waals surface area contributed by atoms with Gasteiger partial charge in [-0.05, 0) is 50.8 Å². The van der Waals surface area contributed by atoms with Crippen LogP contribution in [0.1, 0.15) is 37.8 Å². The van der Waals surface area contributed by atoms with Gasteiger partial charge in [0.25, 0.3) is 0 Å². The molecule has 4 nitrogen and oxygen atoms in total. The third kappa shape index (κ3) is 2.57. The molecule has 19 heavy (non-hydrogen) atoms. The van der Waals surface area contributed by atoms with Gasteiger partial charge in [0.1, 0.15) is 11.8 Å². The molecule has 3 rings (SSSR count). The number of nitrogens with zero attached hydrogens (tertiary/aromatic N) is 3. The number of rotatable bonds is 2. The first-order valence-corrected chi connectivity index (χ1v) is 7.24. The van der Waals surface area contributed by atoms with Crippen LogP contribution in [-0.2, 0) is 0 Å². The number of aromatic nitrogens is 1. The molecule has 2 aliphatic rings. The summed E-state index contributed by atoms with van der Waals surface area (Å²) >= 11 is 0. The molecule has 2 atom stereocenters. The smallest absolute Gasteiger partial charge is 0.140 e. The molecule has 3 heterocycles. The maximum Gasteiger partial charge on any atom is 0.140 e. The Kier molecular flexibility index (Phi) is 3.65. The number of hydrogen-bond acceptors (Lipinski definition) is 4. The van der Waals surface area contributed by atoms with Crippen molar-refractivity contribution >= 4 is 5.69 Å². The van der Waals surface area contributed by atoms with Crippen LogP contribution in [0.25, 0.3) is 0 Å². The van der Waals surface area contributed by atoms with Gasteiger partial charge in [-0.3, -0.25) is 0 Å². The number of anilines is 1. The monoisotopic (exact) mass is 256 g/mol. The average Bonchev–Trinajstić information content (AvgIpc) is 3.01. The highest BCUT2D eigenvalue weighted by molar-refractivity contribution is 5.47. The molecule has 0 radical (unpaired) electrons. The van der Waals surface area contributed by atoms with Crippen LogP contribution in [0.5, 0.6) is 0 Å². The number of piperidine rings is 1.